The van der Waals surface area contributed by atoms with Crippen molar-refractivity contribution in [3.8, 4) is 0 Å². The van der Waals surface area contributed by atoms with Gasteiger partial charge in [0.05, 0.1) is 6.61 Å². The van der Waals surface area contributed by atoms with Gasteiger partial charge in [-0.15, -0.1) is 0 Å². The molecule has 0 aliphatic rings. The van der Waals surface area contributed by atoms with Crippen LogP contribution in [0.25, 0.3) is 0 Å². The van der Waals surface area contributed by atoms with Crippen LogP contribution in [-0.2, 0) is 23.8 Å². The summed E-state index contributed by atoms with van der Waals surface area (Å²) in [7, 11) is 0. The minimum absolute atomic E-state index is 0.0464. The van der Waals surface area contributed by atoms with Crippen LogP contribution in [-0.4, -0.2) is 37.9 Å². The van der Waals surface area contributed by atoms with E-state index in [0.717, 1.165) is 109 Å². The molecule has 0 spiro atoms. The summed E-state index contributed by atoms with van der Waals surface area (Å²) >= 11 is 0. The van der Waals surface area contributed by atoms with Gasteiger partial charge in [-0.1, -0.05) is 189 Å². The molecule has 1 atom stereocenters. The van der Waals surface area contributed by atoms with Crippen molar-refractivity contribution in [3.63, 3.8) is 0 Å². The number of hydrogen-bond acceptors (Lipinski definition) is 5. The van der Waals surface area contributed by atoms with Crippen molar-refractivity contribution in [1.82, 2.24) is 0 Å². The lowest BCUT2D eigenvalue weighted by molar-refractivity contribution is -0.163. The molecular formula is C55H92O5. The van der Waals surface area contributed by atoms with Crippen LogP contribution in [0.1, 0.15) is 213 Å². The summed E-state index contributed by atoms with van der Waals surface area (Å²) in [6.45, 7) is 7.43. The maximum atomic E-state index is 12.8. The van der Waals surface area contributed by atoms with Gasteiger partial charge < -0.3 is 14.2 Å². The molecule has 0 rings (SSSR count). The molecule has 0 saturated carbocycles. The van der Waals surface area contributed by atoms with E-state index in [2.05, 4.69) is 118 Å². The monoisotopic (exact) mass is 833 g/mol. The summed E-state index contributed by atoms with van der Waals surface area (Å²) < 4.78 is 17.3. The van der Waals surface area contributed by atoms with Crippen LogP contribution in [0.4, 0.5) is 0 Å². The average Bonchev–Trinajstić information content (AvgIpc) is 3.25. The number of hydrogen-bond donors (Lipinski definition) is 0. The zero-order valence-corrected chi connectivity index (χ0v) is 39.2. The third kappa shape index (κ3) is 47.5. The maximum absolute atomic E-state index is 12.8. The molecule has 0 aliphatic carbocycles. The first-order chi connectivity index (χ1) is 29.6. The van der Waals surface area contributed by atoms with E-state index in [0.29, 0.717) is 19.4 Å². The van der Waals surface area contributed by atoms with Crippen molar-refractivity contribution in [2.75, 3.05) is 19.8 Å². The first-order valence-corrected chi connectivity index (χ1v) is 24.8. The van der Waals surface area contributed by atoms with Crippen molar-refractivity contribution in [2.24, 2.45) is 0 Å². The summed E-state index contributed by atoms with van der Waals surface area (Å²) in [6.07, 6.45) is 67.1. The molecule has 0 aliphatic heterocycles. The Morgan fingerprint density at radius 1 is 0.383 bits per heavy atom. The van der Waals surface area contributed by atoms with Crippen LogP contribution in [0.5, 0.6) is 0 Å². The second kappa shape index (κ2) is 50.2. The van der Waals surface area contributed by atoms with Gasteiger partial charge in [0.15, 0.2) is 6.10 Å². The Bertz CT molecular complexity index is 1170. The molecule has 342 valence electrons. The molecule has 0 aromatic heterocycles. The molecule has 0 saturated heterocycles. The van der Waals surface area contributed by atoms with Gasteiger partial charge in [-0.05, 0) is 109 Å². The number of allylic oxidation sites excluding steroid dienone is 16. The van der Waals surface area contributed by atoms with E-state index >= 15 is 0 Å². The first-order valence-electron chi connectivity index (χ1n) is 24.8. The van der Waals surface area contributed by atoms with Gasteiger partial charge in [0.1, 0.15) is 6.61 Å². The number of carbonyl (C=O) groups excluding carboxylic acids is 2. The molecule has 0 radical (unpaired) electrons. The van der Waals surface area contributed by atoms with Crippen LogP contribution >= 0.6 is 0 Å². The van der Waals surface area contributed by atoms with Crippen molar-refractivity contribution in [1.29, 1.82) is 0 Å². The highest BCUT2D eigenvalue weighted by molar-refractivity contribution is 5.70. The predicted octanol–water partition coefficient (Wildman–Crippen LogP) is 16.7. The fourth-order valence-electron chi connectivity index (χ4n) is 6.46. The molecule has 0 amide bonds. The van der Waals surface area contributed by atoms with Gasteiger partial charge in [-0.2, -0.15) is 0 Å². The van der Waals surface area contributed by atoms with E-state index in [1.54, 1.807) is 0 Å². The average molecular weight is 833 g/mol. The zero-order chi connectivity index (χ0) is 43.5. The van der Waals surface area contributed by atoms with Crippen molar-refractivity contribution in [2.45, 2.75) is 219 Å². The number of esters is 2. The van der Waals surface area contributed by atoms with Crippen LogP contribution in [0.2, 0.25) is 0 Å². The molecule has 0 aromatic rings. The third-order valence-corrected chi connectivity index (χ3v) is 10.1. The Morgan fingerprint density at radius 3 is 1.22 bits per heavy atom. The topological polar surface area (TPSA) is 61.8 Å². The highest BCUT2D eigenvalue weighted by atomic mass is 16.6. The molecule has 0 N–H and O–H groups in total. The van der Waals surface area contributed by atoms with Crippen LogP contribution < -0.4 is 0 Å². The largest absolute Gasteiger partial charge is 0.462 e. The molecule has 5 nitrogen and oxygen atoms in total. The van der Waals surface area contributed by atoms with Gasteiger partial charge in [0.2, 0.25) is 0 Å². The van der Waals surface area contributed by atoms with Gasteiger partial charge in [0, 0.05) is 19.4 Å². The van der Waals surface area contributed by atoms with E-state index in [9.17, 15) is 9.59 Å². The minimum Gasteiger partial charge on any atom is -0.462 e. The second-order valence-corrected chi connectivity index (χ2v) is 15.9. The molecular weight excluding hydrogens is 741 g/mol. The number of rotatable bonds is 44. The summed E-state index contributed by atoms with van der Waals surface area (Å²) in [5.41, 5.74) is 0. The van der Waals surface area contributed by atoms with E-state index in [1.165, 1.54) is 70.6 Å². The number of unbranched alkanes of at least 4 members (excludes halogenated alkanes) is 17. The summed E-state index contributed by atoms with van der Waals surface area (Å²) in [6, 6.07) is 0. The second-order valence-electron chi connectivity index (χ2n) is 15.9. The predicted molar refractivity (Wildman–Crippen MR) is 260 cm³/mol. The Hall–Kier alpha value is -3.18. The van der Waals surface area contributed by atoms with E-state index in [1.807, 2.05) is 0 Å². The van der Waals surface area contributed by atoms with Crippen LogP contribution in [0, 0.1) is 0 Å². The molecule has 0 bridgehead atoms. The summed E-state index contributed by atoms with van der Waals surface area (Å²) in [5, 5.41) is 0. The maximum Gasteiger partial charge on any atom is 0.306 e. The van der Waals surface area contributed by atoms with E-state index < -0.39 is 6.10 Å². The van der Waals surface area contributed by atoms with Gasteiger partial charge in [-0.25, -0.2) is 0 Å². The smallest absolute Gasteiger partial charge is 0.306 e. The van der Waals surface area contributed by atoms with Crippen LogP contribution in [0.3, 0.4) is 0 Å². The molecule has 1 unspecified atom stereocenters. The Morgan fingerprint density at radius 2 is 0.750 bits per heavy atom. The highest BCUT2D eigenvalue weighted by Gasteiger charge is 2.17. The van der Waals surface area contributed by atoms with Crippen molar-refractivity contribution < 1.29 is 23.8 Å². The van der Waals surface area contributed by atoms with Crippen LogP contribution in [0.15, 0.2) is 97.2 Å². The van der Waals surface area contributed by atoms with E-state index in [-0.39, 0.29) is 25.2 Å². The Kier molecular flexibility index (Phi) is 47.5. The molecule has 0 heterocycles. The lowest BCUT2D eigenvalue weighted by Gasteiger charge is -2.18. The Balaban J connectivity index is 4.40. The first kappa shape index (κ1) is 56.8. The normalized spacial score (nSPS) is 13.1. The summed E-state index contributed by atoms with van der Waals surface area (Å²) in [4.78, 5) is 25.4. The Labute approximate surface area is 371 Å². The summed E-state index contributed by atoms with van der Waals surface area (Å²) in [5.74, 6) is -0.461. The zero-order valence-electron chi connectivity index (χ0n) is 39.2. The van der Waals surface area contributed by atoms with E-state index in [4.69, 9.17) is 14.2 Å². The lowest BCUT2D eigenvalue weighted by atomic mass is 10.1. The van der Waals surface area contributed by atoms with Gasteiger partial charge >= 0.3 is 11.9 Å². The van der Waals surface area contributed by atoms with Gasteiger partial charge in [-0.3, -0.25) is 9.59 Å². The van der Waals surface area contributed by atoms with Crippen molar-refractivity contribution in [3.05, 3.63) is 97.2 Å². The fourth-order valence-corrected chi connectivity index (χ4v) is 6.46. The van der Waals surface area contributed by atoms with Gasteiger partial charge in [0.25, 0.3) is 0 Å². The quantitative estimate of drug-likeness (QED) is 0.0348. The SMILES string of the molecule is CC/C=C\C/C=C\C/C=C\C/C=C\CCCOCC(COC(=O)CCCCCCC/C=C\C/C=C\C/C=C\CC)OC(=O)CCCCCCC/C=C\CCCCCCCC. The third-order valence-electron chi connectivity index (χ3n) is 10.1. The number of carbonyl (C=O) groups is 2. The number of ether oxygens (including phenoxy) is 3. The molecule has 0 aromatic carbocycles. The molecule has 60 heavy (non-hydrogen) atoms. The highest BCUT2D eigenvalue weighted by Crippen LogP contribution is 2.13. The minimum atomic E-state index is -0.580. The van der Waals surface area contributed by atoms with Crippen molar-refractivity contribution >= 4 is 11.9 Å². The fraction of sp³-hybridized carbons (Fsp3) is 0.673. The standard InChI is InChI=1S/C55H92O5/c1-4-7-10-13-16-19-22-25-28-30-33-36-39-42-45-48-54(56)59-52-53(51-58-50-47-44-41-38-35-32-27-24-21-18-15-12-9-6-3)60-55(57)49-46-43-40-37-34-31-29-26-23-20-17-14-11-8-5-2/h7,9-10,12,16,18-19,21,25-29,32,38,41,53H,4-6,8,11,13-15,17,20,22-24,30-31,33-37,39-40,42-52H2,1-3H3/b10-7-,12-9-,19-16-,21-18-,28-25-,29-26-,32-27-,41-38-. The lowest BCUT2D eigenvalue weighted by Crippen LogP contribution is -2.30. The molecule has 0 fully saturated rings. The molecule has 5 heteroatoms.